The average Bonchev–Trinajstić information content (AvgIpc) is 2.68. The summed E-state index contributed by atoms with van der Waals surface area (Å²) in [4.78, 5) is 25.8. The molecule has 152 valence electrons. The van der Waals surface area contributed by atoms with Crippen molar-refractivity contribution in [2.45, 2.75) is 12.8 Å². The summed E-state index contributed by atoms with van der Waals surface area (Å²) in [7, 11) is 0. The molecule has 1 saturated heterocycles. The maximum absolute atomic E-state index is 12.3. The molecule has 2 amide bonds. The molecular weight excluding hydrogens is 399 g/mol. The van der Waals surface area contributed by atoms with Crippen LogP contribution in [0.1, 0.15) is 12.8 Å². The molecule has 0 atom stereocenters. The first kappa shape index (κ1) is 23.6. The number of para-hydroxylation sites is 3. The number of benzene rings is 2. The summed E-state index contributed by atoms with van der Waals surface area (Å²) in [5.74, 6) is -0.380. The standard InChI is InChI=1S/C20H24N4O2.2ClH/c21-20(26)15-10-12-24(13-11-15)18-9-5-4-8-17(18)23-19(25)14-22-16-6-2-1-3-7-16;;/h1-9,15,22H,10-14H2,(H2,21,26)(H,23,25);2*1H. The van der Waals surface area contributed by atoms with Gasteiger partial charge >= 0.3 is 0 Å². The Bertz CT molecular complexity index is 766. The number of rotatable bonds is 6. The van der Waals surface area contributed by atoms with Gasteiger partial charge in [-0.05, 0) is 37.1 Å². The van der Waals surface area contributed by atoms with Gasteiger partial charge in [0.1, 0.15) is 0 Å². The number of anilines is 3. The summed E-state index contributed by atoms with van der Waals surface area (Å²) in [6, 6.07) is 17.4. The minimum Gasteiger partial charge on any atom is -0.376 e. The van der Waals surface area contributed by atoms with Crippen LogP contribution in [0.2, 0.25) is 0 Å². The molecule has 1 aliphatic heterocycles. The molecule has 28 heavy (non-hydrogen) atoms. The van der Waals surface area contributed by atoms with Crippen LogP contribution in [0.25, 0.3) is 0 Å². The number of hydrogen-bond donors (Lipinski definition) is 3. The highest BCUT2D eigenvalue weighted by Crippen LogP contribution is 2.29. The summed E-state index contributed by atoms with van der Waals surface area (Å²) >= 11 is 0. The first-order chi connectivity index (χ1) is 12.6. The van der Waals surface area contributed by atoms with Crippen LogP contribution in [-0.4, -0.2) is 31.4 Å². The molecule has 8 heteroatoms. The topological polar surface area (TPSA) is 87.5 Å². The molecule has 1 heterocycles. The molecular formula is C20H26Cl2N4O2. The maximum atomic E-state index is 12.3. The molecule has 0 aliphatic carbocycles. The zero-order valence-corrected chi connectivity index (χ0v) is 17.1. The van der Waals surface area contributed by atoms with Crippen LogP contribution in [0.5, 0.6) is 0 Å². The van der Waals surface area contributed by atoms with Crippen LogP contribution < -0.4 is 21.3 Å². The van der Waals surface area contributed by atoms with Crippen LogP contribution in [-0.2, 0) is 9.59 Å². The van der Waals surface area contributed by atoms with Crippen molar-refractivity contribution in [3.05, 3.63) is 54.6 Å². The number of primary amides is 1. The van der Waals surface area contributed by atoms with E-state index in [-0.39, 0.29) is 49.1 Å². The minimum atomic E-state index is -0.224. The van der Waals surface area contributed by atoms with Gasteiger partial charge in [-0.15, -0.1) is 24.8 Å². The van der Waals surface area contributed by atoms with Gasteiger partial charge < -0.3 is 21.3 Å². The lowest BCUT2D eigenvalue weighted by molar-refractivity contribution is -0.122. The van der Waals surface area contributed by atoms with Crippen LogP contribution in [0.3, 0.4) is 0 Å². The SMILES string of the molecule is Cl.Cl.NC(=O)C1CCN(c2ccccc2NC(=O)CNc2ccccc2)CC1. The highest BCUT2D eigenvalue weighted by molar-refractivity contribution is 5.96. The summed E-state index contributed by atoms with van der Waals surface area (Å²) in [5.41, 5.74) is 8.07. The minimum absolute atomic E-state index is 0. The third kappa shape index (κ3) is 6.32. The normalized spacial score (nSPS) is 13.6. The summed E-state index contributed by atoms with van der Waals surface area (Å²) < 4.78 is 0. The van der Waals surface area contributed by atoms with E-state index in [9.17, 15) is 9.59 Å². The van der Waals surface area contributed by atoms with Crippen LogP contribution in [0.15, 0.2) is 54.6 Å². The number of amides is 2. The van der Waals surface area contributed by atoms with E-state index in [4.69, 9.17) is 5.73 Å². The smallest absolute Gasteiger partial charge is 0.243 e. The van der Waals surface area contributed by atoms with Crippen LogP contribution >= 0.6 is 24.8 Å². The summed E-state index contributed by atoms with van der Waals surface area (Å²) in [5, 5.41) is 6.08. The quantitative estimate of drug-likeness (QED) is 0.663. The van der Waals surface area contributed by atoms with Gasteiger partial charge in [-0.2, -0.15) is 0 Å². The van der Waals surface area contributed by atoms with Crippen molar-refractivity contribution in [2.24, 2.45) is 11.7 Å². The molecule has 1 fully saturated rings. The van der Waals surface area contributed by atoms with E-state index >= 15 is 0 Å². The Balaban J connectivity index is 0.00000196. The molecule has 0 unspecified atom stereocenters. The van der Waals surface area contributed by atoms with Gasteiger partial charge in [0.2, 0.25) is 11.8 Å². The lowest BCUT2D eigenvalue weighted by Crippen LogP contribution is -2.39. The van der Waals surface area contributed by atoms with Crippen molar-refractivity contribution < 1.29 is 9.59 Å². The van der Waals surface area contributed by atoms with E-state index in [1.54, 1.807) is 0 Å². The second-order valence-corrected chi connectivity index (χ2v) is 6.45. The van der Waals surface area contributed by atoms with Crippen molar-refractivity contribution >= 4 is 53.7 Å². The van der Waals surface area contributed by atoms with Gasteiger partial charge in [-0.3, -0.25) is 9.59 Å². The van der Waals surface area contributed by atoms with E-state index in [0.717, 1.165) is 43.0 Å². The van der Waals surface area contributed by atoms with Gasteiger partial charge in [0.15, 0.2) is 0 Å². The van der Waals surface area contributed by atoms with Crippen LogP contribution in [0, 0.1) is 5.92 Å². The Labute approximate surface area is 177 Å². The zero-order valence-electron chi connectivity index (χ0n) is 15.5. The summed E-state index contributed by atoms with van der Waals surface area (Å²) in [6.45, 7) is 1.70. The van der Waals surface area contributed by atoms with E-state index in [1.807, 2.05) is 54.6 Å². The first-order valence-electron chi connectivity index (χ1n) is 8.85. The Morgan fingerprint density at radius 1 is 0.964 bits per heavy atom. The molecule has 0 spiro atoms. The van der Waals surface area contributed by atoms with E-state index < -0.39 is 0 Å². The maximum Gasteiger partial charge on any atom is 0.243 e. The molecule has 0 saturated carbocycles. The fraction of sp³-hybridized carbons (Fsp3) is 0.300. The largest absolute Gasteiger partial charge is 0.376 e. The van der Waals surface area contributed by atoms with E-state index in [0.29, 0.717) is 0 Å². The highest BCUT2D eigenvalue weighted by Gasteiger charge is 2.24. The van der Waals surface area contributed by atoms with Gasteiger partial charge in [-0.25, -0.2) is 0 Å². The van der Waals surface area contributed by atoms with Gasteiger partial charge in [0, 0.05) is 24.7 Å². The third-order valence-electron chi connectivity index (χ3n) is 4.64. The molecule has 2 aromatic carbocycles. The van der Waals surface area contributed by atoms with Crippen molar-refractivity contribution in [3.63, 3.8) is 0 Å². The zero-order chi connectivity index (χ0) is 18.4. The number of carbonyl (C=O) groups is 2. The van der Waals surface area contributed by atoms with E-state index in [1.165, 1.54) is 0 Å². The van der Waals surface area contributed by atoms with Crippen molar-refractivity contribution in [1.82, 2.24) is 0 Å². The number of carbonyl (C=O) groups excluding carboxylic acids is 2. The second kappa shape index (κ2) is 11.4. The molecule has 1 aliphatic rings. The number of nitrogens with zero attached hydrogens (tertiary/aromatic N) is 1. The van der Waals surface area contributed by atoms with Crippen molar-refractivity contribution in [1.29, 1.82) is 0 Å². The Kier molecular flexibility index (Phi) is 9.62. The number of halogens is 2. The third-order valence-corrected chi connectivity index (χ3v) is 4.64. The fourth-order valence-corrected chi connectivity index (χ4v) is 3.19. The lowest BCUT2D eigenvalue weighted by Gasteiger charge is -2.33. The Morgan fingerprint density at radius 2 is 1.57 bits per heavy atom. The summed E-state index contributed by atoms with van der Waals surface area (Å²) in [6.07, 6.45) is 1.49. The number of hydrogen-bond acceptors (Lipinski definition) is 4. The second-order valence-electron chi connectivity index (χ2n) is 6.45. The van der Waals surface area contributed by atoms with Crippen molar-refractivity contribution in [3.8, 4) is 0 Å². The highest BCUT2D eigenvalue weighted by atomic mass is 35.5. The lowest BCUT2D eigenvalue weighted by atomic mass is 9.96. The molecule has 4 N–H and O–H groups in total. The Hall–Kier alpha value is -2.44. The molecule has 0 aromatic heterocycles. The Morgan fingerprint density at radius 3 is 2.21 bits per heavy atom. The molecule has 0 bridgehead atoms. The number of piperidine rings is 1. The number of nitrogens with one attached hydrogen (secondary N) is 2. The fourth-order valence-electron chi connectivity index (χ4n) is 3.19. The van der Waals surface area contributed by atoms with Gasteiger partial charge in [0.05, 0.1) is 17.9 Å². The predicted molar refractivity (Wildman–Crippen MR) is 119 cm³/mol. The van der Waals surface area contributed by atoms with E-state index in [2.05, 4.69) is 15.5 Å². The monoisotopic (exact) mass is 424 g/mol. The first-order valence-corrected chi connectivity index (χ1v) is 8.85. The van der Waals surface area contributed by atoms with Crippen LogP contribution in [0.4, 0.5) is 17.1 Å². The van der Waals surface area contributed by atoms with Crippen molar-refractivity contribution in [2.75, 3.05) is 35.2 Å². The number of nitrogens with two attached hydrogens (primary N) is 1. The predicted octanol–water partition coefficient (Wildman–Crippen LogP) is 3.28. The molecule has 6 nitrogen and oxygen atoms in total. The molecule has 2 aromatic rings. The average molecular weight is 425 g/mol. The van der Waals surface area contributed by atoms with Gasteiger partial charge in [0.25, 0.3) is 0 Å². The molecule has 0 radical (unpaired) electrons. The molecule has 3 rings (SSSR count). The van der Waals surface area contributed by atoms with Gasteiger partial charge in [-0.1, -0.05) is 30.3 Å².